The number of thiol groups is 1. The van der Waals surface area contributed by atoms with Gasteiger partial charge in [-0.05, 0) is 31.5 Å². The molecule has 0 saturated heterocycles. The number of aromatic nitrogens is 1. The molecule has 1 N–H and O–H groups in total. The molecule has 1 amide bonds. The molecule has 0 unspecified atom stereocenters. The molecule has 5 heteroatoms. The summed E-state index contributed by atoms with van der Waals surface area (Å²) in [5, 5.41) is 5.83. The van der Waals surface area contributed by atoms with E-state index in [0.29, 0.717) is 6.42 Å². The highest BCUT2D eigenvalue weighted by molar-refractivity contribution is 7.80. The first-order valence-corrected chi connectivity index (χ1v) is 7.29. The Bertz CT molecular complexity index is 547. The summed E-state index contributed by atoms with van der Waals surface area (Å²) < 4.78 is 0. The SMILES string of the molecule is CC(C)(NC(=O)Cc1ccc(S)cc1)c1nccs1. The molecule has 2 rings (SSSR count). The average Bonchev–Trinajstić information content (AvgIpc) is 2.85. The smallest absolute Gasteiger partial charge is 0.225 e. The molecule has 1 aromatic heterocycles. The maximum absolute atomic E-state index is 12.1. The molecule has 1 heterocycles. The van der Waals surface area contributed by atoms with Gasteiger partial charge in [-0.3, -0.25) is 4.79 Å². The van der Waals surface area contributed by atoms with Crippen LogP contribution in [-0.2, 0) is 16.8 Å². The van der Waals surface area contributed by atoms with E-state index in [-0.39, 0.29) is 5.91 Å². The first-order valence-electron chi connectivity index (χ1n) is 5.96. The number of nitrogens with zero attached hydrogens (tertiary/aromatic N) is 1. The third-order valence-electron chi connectivity index (χ3n) is 2.72. The number of carbonyl (C=O) groups excluding carboxylic acids is 1. The number of benzene rings is 1. The third-order valence-corrected chi connectivity index (χ3v) is 4.11. The van der Waals surface area contributed by atoms with Crippen LogP contribution in [0.3, 0.4) is 0 Å². The maximum atomic E-state index is 12.1. The van der Waals surface area contributed by atoms with E-state index in [1.807, 2.05) is 43.5 Å². The highest BCUT2D eigenvalue weighted by Gasteiger charge is 2.25. The van der Waals surface area contributed by atoms with Crippen molar-refractivity contribution in [2.24, 2.45) is 0 Å². The number of hydrogen-bond donors (Lipinski definition) is 2. The molecular formula is C14H16N2OS2. The summed E-state index contributed by atoms with van der Waals surface area (Å²) in [4.78, 5) is 17.2. The van der Waals surface area contributed by atoms with Crippen LogP contribution in [-0.4, -0.2) is 10.9 Å². The molecule has 0 atom stereocenters. The van der Waals surface area contributed by atoms with Gasteiger partial charge in [0.15, 0.2) is 0 Å². The molecular weight excluding hydrogens is 276 g/mol. The molecule has 3 nitrogen and oxygen atoms in total. The van der Waals surface area contributed by atoms with Gasteiger partial charge in [0.1, 0.15) is 5.01 Å². The van der Waals surface area contributed by atoms with E-state index in [0.717, 1.165) is 15.5 Å². The Kier molecular flexibility index (Phi) is 4.27. The fraction of sp³-hybridized carbons (Fsp3) is 0.286. The van der Waals surface area contributed by atoms with Gasteiger partial charge in [0.05, 0.1) is 12.0 Å². The van der Waals surface area contributed by atoms with Crippen LogP contribution in [0.15, 0.2) is 40.7 Å². The second-order valence-corrected chi connectivity index (χ2v) is 6.26. The van der Waals surface area contributed by atoms with Crippen LogP contribution in [0, 0.1) is 0 Å². The minimum atomic E-state index is -0.436. The first-order chi connectivity index (χ1) is 8.97. The van der Waals surface area contributed by atoms with Crippen molar-refractivity contribution < 1.29 is 4.79 Å². The average molecular weight is 292 g/mol. The quantitative estimate of drug-likeness (QED) is 0.851. The van der Waals surface area contributed by atoms with Crippen LogP contribution in [0.1, 0.15) is 24.4 Å². The van der Waals surface area contributed by atoms with Gasteiger partial charge in [0, 0.05) is 16.5 Å². The Balaban J connectivity index is 2.00. The minimum absolute atomic E-state index is 0.00730. The second kappa shape index (κ2) is 5.75. The topological polar surface area (TPSA) is 42.0 Å². The summed E-state index contributed by atoms with van der Waals surface area (Å²) in [5.41, 5.74) is 0.541. The zero-order valence-electron chi connectivity index (χ0n) is 10.9. The van der Waals surface area contributed by atoms with Gasteiger partial charge in [0.2, 0.25) is 5.91 Å². The third kappa shape index (κ3) is 3.81. The maximum Gasteiger partial charge on any atom is 0.225 e. The van der Waals surface area contributed by atoms with Gasteiger partial charge in [-0.15, -0.1) is 24.0 Å². The Morgan fingerprint density at radius 1 is 1.37 bits per heavy atom. The van der Waals surface area contributed by atoms with Gasteiger partial charge in [-0.25, -0.2) is 4.98 Å². The molecule has 100 valence electrons. The van der Waals surface area contributed by atoms with Gasteiger partial charge < -0.3 is 5.32 Å². The van der Waals surface area contributed by atoms with Crippen LogP contribution in [0.2, 0.25) is 0 Å². The van der Waals surface area contributed by atoms with Crippen molar-refractivity contribution in [1.29, 1.82) is 0 Å². The second-order valence-electron chi connectivity index (χ2n) is 4.85. The zero-order chi connectivity index (χ0) is 13.9. The minimum Gasteiger partial charge on any atom is -0.344 e. The van der Waals surface area contributed by atoms with E-state index in [1.54, 1.807) is 17.5 Å². The molecule has 19 heavy (non-hydrogen) atoms. The summed E-state index contributed by atoms with van der Waals surface area (Å²) >= 11 is 5.77. The molecule has 0 bridgehead atoms. The summed E-state index contributed by atoms with van der Waals surface area (Å²) in [6.45, 7) is 3.92. The van der Waals surface area contributed by atoms with Crippen molar-refractivity contribution in [1.82, 2.24) is 10.3 Å². The fourth-order valence-corrected chi connectivity index (χ4v) is 2.64. The first kappa shape index (κ1) is 14.1. The number of amides is 1. The van der Waals surface area contributed by atoms with Crippen molar-refractivity contribution >= 4 is 29.9 Å². The standard InChI is InChI=1S/C14H16N2OS2/c1-14(2,13-15-7-8-19-13)16-12(17)9-10-3-5-11(18)6-4-10/h3-8,18H,9H2,1-2H3,(H,16,17). The predicted molar refractivity (Wildman–Crippen MR) is 80.7 cm³/mol. The predicted octanol–water partition coefficient (Wildman–Crippen LogP) is 3.03. The number of thiazole rings is 1. The number of rotatable bonds is 4. The van der Waals surface area contributed by atoms with Gasteiger partial charge >= 0.3 is 0 Å². The van der Waals surface area contributed by atoms with E-state index in [9.17, 15) is 4.79 Å². The van der Waals surface area contributed by atoms with Crippen LogP contribution >= 0.6 is 24.0 Å². The highest BCUT2D eigenvalue weighted by Crippen LogP contribution is 2.22. The molecule has 0 fully saturated rings. The molecule has 1 aromatic carbocycles. The molecule has 0 radical (unpaired) electrons. The largest absolute Gasteiger partial charge is 0.344 e. The fourth-order valence-electron chi connectivity index (χ4n) is 1.78. The Morgan fingerprint density at radius 2 is 2.05 bits per heavy atom. The summed E-state index contributed by atoms with van der Waals surface area (Å²) in [5.74, 6) is -0.00730. The van der Waals surface area contributed by atoms with E-state index in [4.69, 9.17) is 0 Å². The lowest BCUT2D eigenvalue weighted by Crippen LogP contribution is -2.41. The summed E-state index contributed by atoms with van der Waals surface area (Å²) in [6.07, 6.45) is 2.11. The molecule has 0 aliphatic carbocycles. The molecule has 0 aliphatic rings. The van der Waals surface area contributed by atoms with Crippen molar-refractivity contribution in [3.8, 4) is 0 Å². The van der Waals surface area contributed by atoms with Crippen molar-refractivity contribution in [3.05, 3.63) is 46.4 Å². The van der Waals surface area contributed by atoms with E-state index >= 15 is 0 Å². The van der Waals surface area contributed by atoms with E-state index < -0.39 is 5.54 Å². The number of carbonyl (C=O) groups is 1. The molecule has 0 aliphatic heterocycles. The van der Waals surface area contributed by atoms with Crippen LogP contribution in [0.4, 0.5) is 0 Å². The van der Waals surface area contributed by atoms with Crippen LogP contribution < -0.4 is 5.32 Å². The summed E-state index contributed by atoms with van der Waals surface area (Å²) in [7, 11) is 0. The number of hydrogen-bond acceptors (Lipinski definition) is 4. The molecule has 2 aromatic rings. The zero-order valence-corrected chi connectivity index (χ0v) is 12.6. The van der Waals surface area contributed by atoms with Gasteiger partial charge in [0.25, 0.3) is 0 Å². The number of nitrogens with one attached hydrogen (secondary N) is 1. The summed E-state index contributed by atoms with van der Waals surface area (Å²) in [6, 6.07) is 7.60. The van der Waals surface area contributed by atoms with Gasteiger partial charge in [-0.1, -0.05) is 12.1 Å². The monoisotopic (exact) mass is 292 g/mol. The van der Waals surface area contributed by atoms with E-state index in [1.165, 1.54) is 0 Å². The Hall–Kier alpha value is -1.33. The van der Waals surface area contributed by atoms with Crippen LogP contribution in [0.25, 0.3) is 0 Å². The lowest BCUT2D eigenvalue weighted by Gasteiger charge is -2.23. The van der Waals surface area contributed by atoms with Crippen LogP contribution in [0.5, 0.6) is 0 Å². The molecule has 0 spiro atoms. The highest BCUT2D eigenvalue weighted by atomic mass is 32.1. The van der Waals surface area contributed by atoms with Gasteiger partial charge in [-0.2, -0.15) is 0 Å². The van der Waals surface area contributed by atoms with Crippen molar-refractivity contribution in [2.75, 3.05) is 0 Å². The van der Waals surface area contributed by atoms with Crippen molar-refractivity contribution in [2.45, 2.75) is 30.7 Å². The normalized spacial score (nSPS) is 11.3. The Morgan fingerprint density at radius 3 is 2.63 bits per heavy atom. The molecule has 0 saturated carbocycles. The van der Waals surface area contributed by atoms with E-state index in [2.05, 4.69) is 22.9 Å². The van der Waals surface area contributed by atoms with Crippen molar-refractivity contribution in [3.63, 3.8) is 0 Å². The lowest BCUT2D eigenvalue weighted by atomic mass is 10.1. The Labute approximate surface area is 122 Å². The lowest BCUT2D eigenvalue weighted by molar-refractivity contribution is -0.122.